The van der Waals surface area contributed by atoms with E-state index in [0.717, 1.165) is 12.8 Å². The standard InChI is InChI=1S/C14H16N2O2/c17-11-13-8-9-14(16-15-13)18-10-4-7-12-5-2-1-3-6-12/h1-3,5-6,8-9,17H,4,7,10-11H2. The summed E-state index contributed by atoms with van der Waals surface area (Å²) in [6, 6.07) is 13.7. The lowest BCUT2D eigenvalue weighted by Gasteiger charge is -2.05. The van der Waals surface area contributed by atoms with Crippen molar-refractivity contribution in [2.45, 2.75) is 19.4 Å². The van der Waals surface area contributed by atoms with Crippen LogP contribution < -0.4 is 4.74 Å². The number of hydrogen-bond acceptors (Lipinski definition) is 4. The minimum absolute atomic E-state index is 0.0959. The molecular formula is C14H16N2O2. The fraction of sp³-hybridized carbons (Fsp3) is 0.286. The third kappa shape index (κ3) is 3.82. The molecule has 1 N–H and O–H groups in total. The van der Waals surface area contributed by atoms with Crippen molar-refractivity contribution in [3.8, 4) is 5.88 Å². The number of aryl methyl sites for hydroxylation is 1. The van der Waals surface area contributed by atoms with E-state index in [2.05, 4.69) is 22.3 Å². The molecule has 0 saturated carbocycles. The highest BCUT2D eigenvalue weighted by molar-refractivity contribution is 5.14. The van der Waals surface area contributed by atoms with Crippen molar-refractivity contribution in [3.05, 3.63) is 53.7 Å². The van der Waals surface area contributed by atoms with Crippen molar-refractivity contribution < 1.29 is 9.84 Å². The third-order valence-corrected chi connectivity index (χ3v) is 2.56. The van der Waals surface area contributed by atoms with Crippen LogP contribution in [0.1, 0.15) is 17.7 Å². The lowest BCUT2D eigenvalue weighted by atomic mass is 10.1. The first-order chi connectivity index (χ1) is 8.88. The Balaban J connectivity index is 1.72. The molecule has 0 aliphatic carbocycles. The SMILES string of the molecule is OCc1ccc(OCCCc2ccccc2)nn1. The zero-order chi connectivity index (χ0) is 12.6. The van der Waals surface area contributed by atoms with Crippen molar-refractivity contribution in [3.63, 3.8) is 0 Å². The van der Waals surface area contributed by atoms with E-state index in [1.807, 2.05) is 18.2 Å². The average molecular weight is 244 g/mol. The van der Waals surface area contributed by atoms with Gasteiger partial charge in [-0.2, -0.15) is 0 Å². The van der Waals surface area contributed by atoms with Gasteiger partial charge in [0.25, 0.3) is 0 Å². The Labute approximate surface area is 106 Å². The first kappa shape index (κ1) is 12.5. The number of rotatable bonds is 6. The van der Waals surface area contributed by atoms with Gasteiger partial charge in [0.15, 0.2) is 0 Å². The van der Waals surface area contributed by atoms with E-state index in [-0.39, 0.29) is 6.61 Å². The fourth-order valence-corrected chi connectivity index (χ4v) is 1.61. The van der Waals surface area contributed by atoms with Crippen LogP contribution in [0, 0.1) is 0 Å². The Kier molecular flexibility index (Phi) is 4.67. The third-order valence-electron chi connectivity index (χ3n) is 2.56. The Morgan fingerprint density at radius 1 is 1.00 bits per heavy atom. The Morgan fingerprint density at radius 3 is 2.50 bits per heavy atom. The highest BCUT2D eigenvalue weighted by Gasteiger charge is 1.98. The van der Waals surface area contributed by atoms with Gasteiger partial charge in [-0.25, -0.2) is 0 Å². The smallest absolute Gasteiger partial charge is 0.233 e. The maximum absolute atomic E-state index is 8.83. The van der Waals surface area contributed by atoms with Crippen LogP contribution in [0.5, 0.6) is 5.88 Å². The van der Waals surface area contributed by atoms with Gasteiger partial charge in [-0.3, -0.25) is 0 Å². The van der Waals surface area contributed by atoms with Crippen LogP contribution in [-0.4, -0.2) is 21.9 Å². The first-order valence-electron chi connectivity index (χ1n) is 5.98. The molecule has 0 amide bonds. The molecule has 0 bridgehead atoms. The second-order valence-corrected chi connectivity index (χ2v) is 3.96. The molecule has 0 unspecified atom stereocenters. The summed E-state index contributed by atoms with van der Waals surface area (Å²) in [6.45, 7) is 0.517. The fourth-order valence-electron chi connectivity index (χ4n) is 1.61. The van der Waals surface area contributed by atoms with Gasteiger partial charge in [-0.15, -0.1) is 10.2 Å². The minimum Gasteiger partial charge on any atom is -0.477 e. The second-order valence-electron chi connectivity index (χ2n) is 3.96. The number of aromatic nitrogens is 2. The van der Waals surface area contributed by atoms with E-state index in [1.165, 1.54) is 5.56 Å². The van der Waals surface area contributed by atoms with Gasteiger partial charge < -0.3 is 9.84 Å². The Morgan fingerprint density at radius 2 is 1.83 bits per heavy atom. The topological polar surface area (TPSA) is 55.2 Å². The summed E-state index contributed by atoms with van der Waals surface area (Å²) in [6.07, 6.45) is 1.93. The van der Waals surface area contributed by atoms with Gasteiger partial charge in [0, 0.05) is 6.07 Å². The summed E-state index contributed by atoms with van der Waals surface area (Å²) < 4.78 is 5.47. The normalized spacial score (nSPS) is 10.3. The van der Waals surface area contributed by atoms with Gasteiger partial charge in [0.05, 0.1) is 18.9 Å². The van der Waals surface area contributed by atoms with E-state index >= 15 is 0 Å². The van der Waals surface area contributed by atoms with Gasteiger partial charge >= 0.3 is 0 Å². The van der Waals surface area contributed by atoms with Crippen LogP contribution in [0.4, 0.5) is 0 Å². The Hall–Kier alpha value is -1.94. The number of benzene rings is 1. The molecule has 18 heavy (non-hydrogen) atoms. The van der Waals surface area contributed by atoms with Crippen molar-refractivity contribution in [2.75, 3.05) is 6.61 Å². The quantitative estimate of drug-likeness (QED) is 0.789. The maximum Gasteiger partial charge on any atom is 0.233 e. The molecule has 0 fully saturated rings. The predicted molar refractivity (Wildman–Crippen MR) is 68.2 cm³/mol. The molecule has 1 aromatic carbocycles. The number of aliphatic hydroxyl groups excluding tert-OH is 1. The van der Waals surface area contributed by atoms with E-state index in [9.17, 15) is 0 Å². The molecule has 0 aliphatic heterocycles. The largest absolute Gasteiger partial charge is 0.477 e. The summed E-state index contributed by atoms with van der Waals surface area (Å²) >= 11 is 0. The molecule has 94 valence electrons. The molecule has 4 nitrogen and oxygen atoms in total. The van der Waals surface area contributed by atoms with Crippen molar-refractivity contribution in [2.24, 2.45) is 0 Å². The summed E-state index contributed by atoms with van der Waals surface area (Å²) in [5, 5.41) is 16.5. The van der Waals surface area contributed by atoms with Crippen LogP contribution in [0.15, 0.2) is 42.5 Å². The van der Waals surface area contributed by atoms with E-state index in [1.54, 1.807) is 12.1 Å². The van der Waals surface area contributed by atoms with Crippen LogP contribution in [0.25, 0.3) is 0 Å². The zero-order valence-electron chi connectivity index (χ0n) is 10.1. The maximum atomic E-state index is 8.83. The van der Waals surface area contributed by atoms with Gasteiger partial charge in [0.1, 0.15) is 0 Å². The van der Waals surface area contributed by atoms with Gasteiger partial charge in [-0.1, -0.05) is 30.3 Å². The number of ether oxygens (including phenoxy) is 1. The van der Waals surface area contributed by atoms with Gasteiger partial charge in [-0.05, 0) is 24.5 Å². The number of nitrogens with zero attached hydrogens (tertiary/aromatic N) is 2. The van der Waals surface area contributed by atoms with E-state index in [4.69, 9.17) is 9.84 Å². The molecule has 0 aliphatic rings. The molecule has 0 radical (unpaired) electrons. The zero-order valence-corrected chi connectivity index (χ0v) is 10.1. The second kappa shape index (κ2) is 6.71. The predicted octanol–water partition coefficient (Wildman–Crippen LogP) is 1.98. The first-order valence-corrected chi connectivity index (χ1v) is 5.98. The van der Waals surface area contributed by atoms with Crippen molar-refractivity contribution in [1.29, 1.82) is 0 Å². The lowest BCUT2D eigenvalue weighted by Crippen LogP contribution is -2.02. The molecule has 0 spiro atoms. The van der Waals surface area contributed by atoms with Crippen molar-refractivity contribution >= 4 is 0 Å². The van der Waals surface area contributed by atoms with E-state index < -0.39 is 0 Å². The minimum atomic E-state index is -0.0959. The monoisotopic (exact) mass is 244 g/mol. The molecule has 0 atom stereocenters. The Bertz CT molecular complexity index is 457. The molecule has 4 heteroatoms. The van der Waals surface area contributed by atoms with Crippen LogP contribution >= 0.6 is 0 Å². The van der Waals surface area contributed by atoms with Crippen LogP contribution in [-0.2, 0) is 13.0 Å². The van der Waals surface area contributed by atoms with Gasteiger partial charge in [0.2, 0.25) is 5.88 Å². The summed E-state index contributed by atoms with van der Waals surface area (Å²) in [7, 11) is 0. The van der Waals surface area contributed by atoms with Crippen LogP contribution in [0.3, 0.4) is 0 Å². The summed E-state index contributed by atoms with van der Waals surface area (Å²) in [5.74, 6) is 0.500. The molecule has 1 heterocycles. The highest BCUT2D eigenvalue weighted by Crippen LogP contribution is 2.07. The molecular weight excluding hydrogens is 228 g/mol. The average Bonchev–Trinajstić information content (AvgIpc) is 2.45. The number of hydrogen-bond donors (Lipinski definition) is 1. The highest BCUT2D eigenvalue weighted by atomic mass is 16.5. The molecule has 1 aromatic heterocycles. The van der Waals surface area contributed by atoms with Crippen molar-refractivity contribution in [1.82, 2.24) is 10.2 Å². The molecule has 2 rings (SSSR count). The molecule has 0 saturated heterocycles. The number of aliphatic hydroxyl groups is 1. The molecule has 2 aromatic rings. The van der Waals surface area contributed by atoms with E-state index in [0.29, 0.717) is 18.2 Å². The van der Waals surface area contributed by atoms with Crippen LogP contribution in [0.2, 0.25) is 0 Å². The summed E-state index contributed by atoms with van der Waals surface area (Å²) in [5.41, 5.74) is 1.86. The summed E-state index contributed by atoms with van der Waals surface area (Å²) in [4.78, 5) is 0. The lowest BCUT2D eigenvalue weighted by molar-refractivity contribution is 0.270.